The van der Waals surface area contributed by atoms with Gasteiger partial charge in [-0.1, -0.05) is 48.6 Å². The van der Waals surface area contributed by atoms with Crippen LogP contribution in [0.3, 0.4) is 0 Å². The van der Waals surface area contributed by atoms with Crippen molar-refractivity contribution < 1.29 is 0 Å². The molecule has 2 aliphatic rings. The Morgan fingerprint density at radius 3 is 1.62 bits per heavy atom. The van der Waals surface area contributed by atoms with Gasteiger partial charge in [0.2, 0.25) is 0 Å². The van der Waals surface area contributed by atoms with Crippen molar-refractivity contribution in [2.45, 2.75) is 12.8 Å². The number of allylic oxidation sites excluding steroid dienone is 2. The molecule has 0 aromatic heterocycles. The van der Waals surface area contributed by atoms with Crippen LogP contribution in [-0.4, -0.2) is 0 Å². The standard InChI is InChI=1S/C16H12/c1-3-11-7-9-13-5-2-6-14-10-8-12(4-1)15(11)16(13)14/h1-3,6-10H,4-5H2. The molecule has 0 fully saturated rings. The second-order valence-electron chi connectivity index (χ2n) is 4.59. The summed E-state index contributed by atoms with van der Waals surface area (Å²) in [6.45, 7) is 0. The minimum atomic E-state index is 1.08. The van der Waals surface area contributed by atoms with Gasteiger partial charge in [0.05, 0.1) is 0 Å². The molecule has 0 saturated carbocycles. The first-order valence-electron chi connectivity index (χ1n) is 5.84. The molecule has 0 saturated heterocycles. The van der Waals surface area contributed by atoms with E-state index in [9.17, 15) is 0 Å². The van der Waals surface area contributed by atoms with Crippen molar-refractivity contribution in [2.75, 3.05) is 0 Å². The van der Waals surface area contributed by atoms with Crippen LogP contribution in [0.4, 0.5) is 0 Å². The monoisotopic (exact) mass is 204 g/mol. The van der Waals surface area contributed by atoms with Crippen molar-refractivity contribution in [1.82, 2.24) is 0 Å². The minimum Gasteiger partial charge on any atom is -0.0795 e. The normalized spacial score (nSPS) is 15.8. The van der Waals surface area contributed by atoms with Crippen LogP contribution < -0.4 is 0 Å². The molecular formula is C16H12. The largest absolute Gasteiger partial charge is 0.0795 e. The first-order chi connectivity index (χ1) is 7.93. The smallest absolute Gasteiger partial charge is 0.00674 e. The summed E-state index contributed by atoms with van der Waals surface area (Å²) in [5, 5.41) is 2.98. The summed E-state index contributed by atoms with van der Waals surface area (Å²) in [5.41, 5.74) is 5.73. The zero-order valence-electron chi connectivity index (χ0n) is 9.03. The fourth-order valence-electron chi connectivity index (χ4n) is 2.94. The van der Waals surface area contributed by atoms with E-state index >= 15 is 0 Å². The first kappa shape index (κ1) is 8.35. The molecule has 0 bridgehead atoms. The minimum absolute atomic E-state index is 1.08. The quantitative estimate of drug-likeness (QED) is 0.609. The Hall–Kier alpha value is -1.82. The van der Waals surface area contributed by atoms with E-state index in [4.69, 9.17) is 0 Å². The van der Waals surface area contributed by atoms with E-state index in [2.05, 4.69) is 48.6 Å². The fourth-order valence-corrected chi connectivity index (χ4v) is 2.94. The molecule has 76 valence electrons. The van der Waals surface area contributed by atoms with Crippen LogP contribution in [0, 0.1) is 0 Å². The van der Waals surface area contributed by atoms with E-state index in [1.165, 1.54) is 33.0 Å². The Labute approximate surface area is 94.9 Å². The van der Waals surface area contributed by atoms with Gasteiger partial charge in [0.15, 0.2) is 0 Å². The summed E-state index contributed by atoms with van der Waals surface area (Å²) < 4.78 is 0. The van der Waals surface area contributed by atoms with E-state index in [-0.39, 0.29) is 0 Å². The third-order valence-electron chi connectivity index (χ3n) is 3.67. The Morgan fingerprint density at radius 1 is 0.625 bits per heavy atom. The molecule has 16 heavy (non-hydrogen) atoms. The highest BCUT2D eigenvalue weighted by Crippen LogP contribution is 2.35. The summed E-state index contributed by atoms with van der Waals surface area (Å²) in [6, 6.07) is 9.09. The van der Waals surface area contributed by atoms with Crippen molar-refractivity contribution in [3.63, 3.8) is 0 Å². The van der Waals surface area contributed by atoms with E-state index in [0.29, 0.717) is 0 Å². The lowest BCUT2D eigenvalue weighted by Gasteiger charge is -2.19. The average molecular weight is 204 g/mol. The summed E-state index contributed by atoms with van der Waals surface area (Å²) in [5.74, 6) is 0. The second-order valence-corrected chi connectivity index (χ2v) is 4.59. The molecule has 0 heterocycles. The molecule has 2 aromatic rings. The van der Waals surface area contributed by atoms with Crippen LogP contribution in [0.15, 0.2) is 36.4 Å². The van der Waals surface area contributed by atoms with Gasteiger partial charge in [0.1, 0.15) is 0 Å². The predicted octanol–water partition coefficient (Wildman–Crippen LogP) is 3.98. The Morgan fingerprint density at radius 2 is 1.12 bits per heavy atom. The van der Waals surface area contributed by atoms with Crippen LogP contribution in [0.25, 0.3) is 22.9 Å². The summed E-state index contributed by atoms with van der Waals surface area (Å²) in [7, 11) is 0. The van der Waals surface area contributed by atoms with Gasteiger partial charge < -0.3 is 0 Å². The Balaban J connectivity index is 2.29. The number of hydrogen-bond donors (Lipinski definition) is 0. The van der Waals surface area contributed by atoms with Crippen LogP contribution in [0.1, 0.15) is 22.3 Å². The van der Waals surface area contributed by atoms with Crippen molar-refractivity contribution in [3.05, 3.63) is 58.7 Å². The topological polar surface area (TPSA) is 0 Å². The van der Waals surface area contributed by atoms with Gasteiger partial charge in [-0.2, -0.15) is 0 Å². The average Bonchev–Trinajstić information content (AvgIpc) is 2.36. The molecule has 0 atom stereocenters. The van der Waals surface area contributed by atoms with Crippen LogP contribution in [0.5, 0.6) is 0 Å². The molecule has 0 N–H and O–H groups in total. The van der Waals surface area contributed by atoms with Crippen molar-refractivity contribution in [1.29, 1.82) is 0 Å². The van der Waals surface area contributed by atoms with E-state index in [0.717, 1.165) is 12.8 Å². The molecule has 4 rings (SSSR count). The van der Waals surface area contributed by atoms with Gasteiger partial charge in [-0.25, -0.2) is 0 Å². The second kappa shape index (κ2) is 2.85. The molecular weight excluding hydrogens is 192 g/mol. The molecule has 2 aliphatic carbocycles. The van der Waals surface area contributed by atoms with Gasteiger partial charge in [-0.05, 0) is 45.9 Å². The Bertz CT molecular complexity index is 598. The SMILES string of the molecule is C1=Cc2ccc3c4c(ccc(c24)C1)C=CC3. The van der Waals surface area contributed by atoms with Crippen molar-refractivity contribution in [3.8, 4) is 0 Å². The maximum atomic E-state index is 2.28. The first-order valence-corrected chi connectivity index (χ1v) is 5.84. The molecule has 0 unspecified atom stereocenters. The molecule has 0 amide bonds. The molecule has 0 aliphatic heterocycles. The Kier molecular flexibility index (Phi) is 1.49. The summed E-state index contributed by atoms with van der Waals surface area (Å²) in [4.78, 5) is 0. The van der Waals surface area contributed by atoms with Crippen molar-refractivity contribution in [2.24, 2.45) is 0 Å². The maximum absolute atomic E-state index is 2.28. The molecule has 0 nitrogen and oxygen atoms in total. The number of benzene rings is 2. The van der Waals surface area contributed by atoms with E-state index in [1.54, 1.807) is 0 Å². The van der Waals surface area contributed by atoms with Gasteiger partial charge in [-0.15, -0.1) is 0 Å². The lowest BCUT2D eigenvalue weighted by atomic mass is 9.85. The molecule has 0 radical (unpaired) electrons. The lowest BCUT2D eigenvalue weighted by Crippen LogP contribution is -1.99. The molecule has 0 spiro atoms. The van der Waals surface area contributed by atoms with Crippen LogP contribution >= 0.6 is 0 Å². The third kappa shape index (κ3) is 0.943. The highest BCUT2D eigenvalue weighted by atomic mass is 14.2. The zero-order valence-corrected chi connectivity index (χ0v) is 9.03. The van der Waals surface area contributed by atoms with E-state index < -0.39 is 0 Å². The predicted molar refractivity (Wildman–Crippen MR) is 69.4 cm³/mol. The number of rotatable bonds is 0. The van der Waals surface area contributed by atoms with Crippen molar-refractivity contribution >= 4 is 22.9 Å². The molecule has 2 aromatic carbocycles. The third-order valence-corrected chi connectivity index (χ3v) is 3.67. The highest BCUT2D eigenvalue weighted by molar-refractivity contribution is 6.02. The van der Waals surface area contributed by atoms with Crippen LogP contribution in [-0.2, 0) is 12.8 Å². The molecule has 0 heteroatoms. The van der Waals surface area contributed by atoms with E-state index in [1.807, 2.05) is 0 Å². The van der Waals surface area contributed by atoms with Gasteiger partial charge >= 0.3 is 0 Å². The summed E-state index contributed by atoms with van der Waals surface area (Å²) in [6.07, 6.45) is 11.2. The number of hydrogen-bond acceptors (Lipinski definition) is 0. The van der Waals surface area contributed by atoms with Gasteiger partial charge in [0.25, 0.3) is 0 Å². The zero-order chi connectivity index (χ0) is 10.5. The lowest BCUT2D eigenvalue weighted by molar-refractivity contribution is 1.25. The van der Waals surface area contributed by atoms with Gasteiger partial charge in [0, 0.05) is 0 Å². The fraction of sp³-hybridized carbons (Fsp3) is 0.125. The maximum Gasteiger partial charge on any atom is -0.00674 e. The van der Waals surface area contributed by atoms with Gasteiger partial charge in [-0.3, -0.25) is 0 Å². The van der Waals surface area contributed by atoms with Crippen LogP contribution in [0.2, 0.25) is 0 Å². The highest BCUT2D eigenvalue weighted by Gasteiger charge is 2.14. The summed E-state index contributed by atoms with van der Waals surface area (Å²) >= 11 is 0.